The number of nitrogen functional groups attached to an aromatic ring is 1. The van der Waals surface area contributed by atoms with Crippen LogP contribution in [0.25, 0.3) is 0 Å². The fraction of sp³-hybridized carbons (Fsp3) is 0.500. The molecule has 2 heterocycles. The summed E-state index contributed by atoms with van der Waals surface area (Å²) in [5, 5.41) is 9.13. The first-order chi connectivity index (χ1) is 8.28. The van der Waals surface area contributed by atoms with Crippen LogP contribution >= 0.6 is 0 Å². The Kier molecular flexibility index (Phi) is 2.76. The van der Waals surface area contributed by atoms with Crippen molar-refractivity contribution in [3.63, 3.8) is 0 Å². The summed E-state index contributed by atoms with van der Waals surface area (Å²) in [6.45, 7) is 0.431. The van der Waals surface area contributed by atoms with E-state index in [-0.39, 0.29) is 31.2 Å². The Morgan fingerprint density at radius 1 is 1.24 bits per heavy atom. The van der Waals surface area contributed by atoms with E-state index in [1.165, 1.54) is 0 Å². The maximum atomic E-state index is 9.13. The standard InChI is InChI=1S/C12H15NO4/c13-8-3-1-7(2-4-8)12-16-10-6-15-9(5-14)11(10)17-12/h1-4,9-12,14H,5-6,13H2/t9-,10+,11-,12?/m1/s1. The van der Waals surface area contributed by atoms with Crippen LogP contribution in [0.3, 0.4) is 0 Å². The molecule has 0 aromatic heterocycles. The number of aliphatic hydroxyl groups excluding tert-OH is 1. The molecule has 4 atom stereocenters. The third-order valence-corrected chi connectivity index (χ3v) is 3.18. The van der Waals surface area contributed by atoms with Gasteiger partial charge in [-0.3, -0.25) is 0 Å². The molecule has 0 aliphatic carbocycles. The van der Waals surface area contributed by atoms with E-state index in [2.05, 4.69) is 0 Å². The lowest BCUT2D eigenvalue weighted by Gasteiger charge is -2.15. The Morgan fingerprint density at radius 3 is 2.71 bits per heavy atom. The van der Waals surface area contributed by atoms with E-state index in [0.717, 1.165) is 5.56 Å². The Hall–Kier alpha value is -1.14. The molecule has 0 amide bonds. The first-order valence-corrected chi connectivity index (χ1v) is 5.67. The van der Waals surface area contributed by atoms with Crippen molar-refractivity contribution in [1.82, 2.24) is 0 Å². The molecule has 2 aliphatic heterocycles. The average molecular weight is 237 g/mol. The van der Waals surface area contributed by atoms with Gasteiger partial charge >= 0.3 is 0 Å². The molecule has 0 bridgehead atoms. The van der Waals surface area contributed by atoms with Crippen LogP contribution in [0.2, 0.25) is 0 Å². The summed E-state index contributed by atoms with van der Waals surface area (Å²) in [7, 11) is 0. The summed E-state index contributed by atoms with van der Waals surface area (Å²) in [5.74, 6) is 0. The van der Waals surface area contributed by atoms with Gasteiger partial charge in [-0.05, 0) is 12.1 Å². The maximum absolute atomic E-state index is 9.13. The number of aliphatic hydroxyl groups is 1. The number of hydrogen-bond acceptors (Lipinski definition) is 5. The van der Waals surface area contributed by atoms with Gasteiger partial charge in [0, 0.05) is 11.3 Å². The Bertz CT molecular complexity index is 394. The third-order valence-electron chi connectivity index (χ3n) is 3.18. The molecule has 0 radical (unpaired) electrons. The number of hydrogen-bond donors (Lipinski definition) is 2. The highest BCUT2D eigenvalue weighted by molar-refractivity contribution is 5.39. The zero-order chi connectivity index (χ0) is 11.8. The second kappa shape index (κ2) is 4.27. The van der Waals surface area contributed by atoms with E-state index in [9.17, 15) is 0 Å². The van der Waals surface area contributed by atoms with Gasteiger partial charge in [-0.2, -0.15) is 0 Å². The fourth-order valence-corrected chi connectivity index (χ4v) is 2.24. The van der Waals surface area contributed by atoms with Crippen LogP contribution in [-0.2, 0) is 14.2 Å². The highest BCUT2D eigenvalue weighted by Gasteiger charge is 2.46. The van der Waals surface area contributed by atoms with Crippen molar-refractivity contribution < 1.29 is 19.3 Å². The van der Waals surface area contributed by atoms with E-state index in [1.807, 2.05) is 24.3 Å². The molecule has 2 fully saturated rings. The monoisotopic (exact) mass is 237 g/mol. The molecule has 0 saturated carbocycles. The predicted octanol–water partition coefficient (Wildman–Crippen LogP) is 0.442. The molecule has 1 aromatic rings. The van der Waals surface area contributed by atoms with Gasteiger partial charge in [0.05, 0.1) is 13.2 Å². The van der Waals surface area contributed by atoms with Gasteiger partial charge in [0.1, 0.15) is 18.3 Å². The van der Waals surface area contributed by atoms with E-state index >= 15 is 0 Å². The molecule has 5 heteroatoms. The second-order valence-corrected chi connectivity index (χ2v) is 4.33. The molecule has 92 valence electrons. The van der Waals surface area contributed by atoms with E-state index in [1.54, 1.807) is 0 Å². The summed E-state index contributed by atoms with van der Waals surface area (Å²) in [6, 6.07) is 7.40. The second-order valence-electron chi connectivity index (χ2n) is 4.33. The summed E-state index contributed by atoms with van der Waals surface area (Å²) in [6.07, 6.45) is -0.931. The van der Waals surface area contributed by atoms with Crippen molar-refractivity contribution >= 4 is 5.69 Å². The molecule has 2 saturated heterocycles. The summed E-state index contributed by atoms with van der Waals surface area (Å²) >= 11 is 0. The lowest BCUT2D eigenvalue weighted by Crippen LogP contribution is -2.30. The number of ether oxygens (including phenoxy) is 3. The van der Waals surface area contributed by atoms with Crippen molar-refractivity contribution in [2.75, 3.05) is 18.9 Å². The lowest BCUT2D eigenvalue weighted by molar-refractivity contribution is -0.119. The predicted molar refractivity (Wildman–Crippen MR) is 60.2 cm³/mol. The first-order valence-electron chi connectivity index (χ1n) is 5.67. The van der Waals surface area contributed by atoms with Gasteiger partial charge in [0.15, 0.2) is 6.29 Å². The van der Waals surface area contributed by atoms with Crippen LogP contribution in [0.1, 0.15) is 11.9 Å². The number of rotatable bonds is 2. The molecule has 1 unspecified atom stereocenters. The number of nitrogens with two attached hydrogens (primary N) is 1. The summed E-state index contributed by atoms with van der Waals surface area (Å²) in [5.41, 5.74) is 7.27. The van der Waals surface area contributed by atoms with Crippen LogP contribution in [0.4, 0.5) is 5.69 Å². The van der Waals surface area contributed by atoms with E-state index in [4.69, 9.17) is 25.1 Å². The molecular weight excluding hydrogens is 222 g/mol. The molecule has 3 N–H and O–H groups in total. The van der Waals surface area contributed by atoms with Crippen molar-refractivity contribution in [2.24, 2.45) is 0 Å². The van der Waals surface area contributed by atoms with Crippen LogP contribution in [0.5, 0.6) is 0 Å². The van der Waals surface area contributed by atoms with Gasteiger partial charge < -0.3 is 25.1 Å². The molecule has 5 nitrogen and oxygen atoms in total. The Morgan fingerprint density at radius 2 is 2.00 bits per heavy atom. The molecule has 2 aliphatic rings. The molecule has 1 aromatic carbocycles. The average Bonchev–Trinajstić information content (AvgIpc) is 2.89. The van der Waals surface area contributed by atoms with Crippen LogP contribution in [-0.4, -0.2) is 36.6 Å². The zero-order valence-corrected chi connectivity index (χ0v) is 9.28. The normalized spacial score (nSPS) is 36.1. The summed E-state index contributed by atoms with van der Waals surface area (Å²) in [4.78, 5) is 0. The molecular formula is C12H15NO4. The minimum absolute atomic E-state index is 0.0427. The van der Waals surface area contributed by atoms with Crippen molar-refractivity contribution in [2.45, 2.75) is 24.6 Å². The van der Waals surface area contributed by atoms with E-state index in [0.29, 0.717) is 12.3 Å². The van der Waals surface area contributed by atoms with Crippen LogP contribution in [0.15, 0.2) is 24.3 Å². The van der Waals surface area contributed by atoms with Crippen molar-refractivity contribution in [1.29, 1.82) is 0 Å². The SMILES string of the molecule is Nc1ccc(C2O[C@H]3[C@H](CO[C@@H]3CO)O2)cc1. The Balaban J connectivity index is 1.74. The topological polar surface area (TPSA) is 73.9 Å². The highest BCUT2D eigenvalue weighted by Crippen LogP contribution is 2.37. The van der Waals surface area contributed by atoms with Gasteiger partial charge in [-0.25, -0.2) is 0 Å². The fourth-order valence-electron chi connectivity index (χ4n) is 2.24. The minimum Gasteiger partial charge on any atom is -0.399 e. The molecule has 3 rings (SSSR count). The van der Waals surface area contributed by atoms with Crippen molar-refractivity contribution in [3.8, 4) is 0 Å². The number of benzene rings is 1. The van der Waals surface area contributed by atoms with E-state index < -0.39 is 0 Å². The quantitative estimate of drug-likeness (QED) is 0.730. The lowest BCUT2D eigenvalue weighted by atomic mass is 10.2. The smallest absolute Gasteiger partial charge is 0.184 e. The summed E-state index contributed by atoms with van der Waals surface area (Å²) < 4.78 is 16.9. The maximum Gasteiger partial charge on any atom is 0.184 e. The number of fused-ring (bicyclic) bond motifs is 1. The molecule has 0 spiro atoms. The minimum atomic E-state index is -0.386. The van der Waals surface area contributed by atoms with Gasteiger partial charge in [-0.1, -0.05) is 12.1 Å². The van der Waals surface area contributed by atoms with Gasteiger partial charge in [-0.15, -0.1) is 0 Å². The highest BCUT2D eigenvalue weighted by atomic mass is 16.8. The van der Waals surface area contributed by atoms with Gasteiger partial charge in [0.25, 0.3) is 0 Å². The van der Waals surface area contributed by atoms with Gasteiger partial charge in [0.2, 0.25) is 0 Å². The van der Waals surface area contributed by atoms with Crippen LogP contribution < -0.4 is 5.73 Å². The van der Waals surface area contributed by atoms with Crippen molar-refractivity contribution in [3.05, 3.63) is 29.8 Å². The first kappa shape index (κ1) is 11.0. The number of anilines is 1. The van der Waals surface area contributed by atoms with Crippen LogP contribution in [0, 0.1) is 0 Å². The Labute approximate surface area is 99.1 Å². The largest absolute Gasteiger partial charge is 0.399 e. The molecule has 17 heavy (non-hydrogen) atoms. The zero-order valence-electron chi connectivity index (χ0n) is 9.28. The third kappa shape index (κ3) is 1.91.